The van der Waals surface area contributed by atoms with Crippen molar-refractivity contribution in [2.24, 2.45) is 5.92 Å². The molecule has 2 aliphatic rings. The number of hydrogen-bond acceptors (Lipinski definition) is 5. The SMILES string of the molecule is CO[C@@H]1O[C@@H]2COC(c3ccccc3)O[C@@H]2[C@H]1CO. The van der Waals surface area contributed by atoms with Gasteiger partial charge in [0.1, 0.15) is 6.10 Å². The molecule has 0 spiro atoms. The van der Waals surface area contributed by atoms with E-state index in [1.165, 1.54) is 0 Å². The standard InChI is InChI=1S/C14H18O5/c1-16-14-10(7-15)12-11(18-14)8-17-13(19-12)9-5-3-2-4-6-9/h2-6,10-15H,7-8H2,1H3/t10-,11-,12-,13?,14-/m1/s1. The van der Waals surface area contributed by atoms with Gasteiger partial charge in [0, 0.05) is 12.7 Å². The summed E-state index contributed by atoms with van der Waals surface area (Å²) < 4.78 is 22.5. The van der Waals surface area contributed by atoms with Gasteiger partial charge in [-0.1, -0.05) is 30.3 Å². The van der Waals surface area contributed by atoms with Gasteiger partial charge in [-0.05, 0) is 0 Å². The van der Waals surface area contributed by atoms with E-state index >= 15 is 0 Å². The number of benzene rings is 1. The lowest BCUT2D eigenvalue weighted by Gasteiger charge is -2.33. The van der Waals surface area contributed by atoms with Crippen molar-refractivity contribution in [1.29, 1.82) is 0 Å². The minimum Gasteiger partial charge on any atom is -0.396 e. The zero-order chi connectivity index (χ0) is 13.2. The Morgan fingerprint density at radius 2 is 2.05 bits per heavy atom. The highest BCUT2D eigenvalue weighted by atomic mass is 16.7. The Balaban J connectivity index is 1.75. The van der Waals surface area contributed by atoms with Gasteiger partial charge in [-0.2, -0.15) is 0 Å². The molecule has 0 bridgehead atoms. The normalized spacial score (nSPS) is 38.1. The molecule has 1 aromatic carbocycles. The molecule has 104 valence electrons. The lowest BCUT2D eigenvalue weighted by molar-refractivity contribution is -0.252. The number of aliphatic hydroxyl groups is 1. The number of hydrogen-bond donors (Lipinski definition) is 1. The molecular formula is C14H18O5. The van der Waals surface area contributed by atoms with E-state index in [9.17, 15) is 5.11 Å². The molecule has 2 aliphatic heterocycles. The molecule has 3 rings (SSSR count). The second-order valence-corrected chi connectivity index (χ2v) is 4.80. The van der Waals surface area contributed by atoms with Crippen LogP contribution in [0.1, 0.15) is 11.9 Å². The Morgan fingerprint density at radius 3 is 2.74 bits per heavy atom. The maximum Gasteiger partial charge on any atom is 0.184 e. The zero-order valence-corrected chi connectivity index (χ0v) is 10.8. The van der Waals surface area contributed by atoms with Gasteiger partial charge in [-0.15, -0.1) is 0 Å². The minimum atomic E-state index is -0.432. The van der Waals surface area contributed by atoms with E-state index in [-0.39, 0.29) is 24.7 Å². The first-order valence-corrected chi connectivity index (χ1v) is 6.44. The third kappa shape index (κ3) is 2.40. The summed E-state index contributed by atoms with van der Waals surface area (Å²) in [5.74, 6) is -0.176. The Morgan fingerprint density at radius 1 is 1.26 bits per heavy atom. The maximum atomic E-state index is 9.48. The predicted molar refractivity (Wildman–Crippen MR) is 66.3 cm³/mol. The average molecular weight is 266 g/mol. The summed E-state index contributed by atoms with van der Waals surface area (Å²) in [6, 6.07) is 9.76. The van der Waals surface area contributed by atoms with Crippen molar-refractivity contribution in [3.8, 4) is 0 Å². The number of fused-ring (bicyclic) bond motifs is 1. The first kappa shape index (κ1) is 13.0. The smallest absolute Gasteiger partial charge is 0.184 e. The quantitative estimate of drug-likeness (QED) is 0.887. The number of rotatable bonds is 3. The molecule has 5 atom stereocenters. The first-order valence-electron chi connectivity index (χ1n) is 6.44. The average Bonchev–Trinajstić information content (AvgIpc) is 2.84. The molecular weight excluding hydrogens is 248 g/mol. The summed E-state index contributed by atoms with van der Waals surface area (Å²) in [6.45, 7) is 0.418. The van der Waals surface area contributed by atoms with E-state index in [0.717, 1.165) is 5.56 Å². The molecule has 1 unspecified atom stereocenters. The molecule has 0 aromatic heterocycles. The number of methoxy groups -OCH3 is 1. The van der Waals surface area contributed by atoms with Crippen LogP contribution in [0.5, 0.6) is 0 Å². The fourth-order valence-electron chi connectivity index (χ4n) is 2.67. The van der Waals surface area contributed by atoms with Crippen molar-refractivity contribution >= 4 is 0 Å². The van der Waals surface area contributed by atoms with Gasteiger partial charge in [0.05, 0.1) is 25.2 Å². The molecule has 2 saturated heterocycles. The van der Waals surface area contributed by atoms with Crippen LogP contribution < -0.4 is 0 Å². The van der Waals surface area contributed by atoms with Crippen molar-refractivity contribution in [3.05, 3.63) is 35.9 Å². The second kappa shape index (κ2) is 5.56. The Hall–Kier alpha value is -0.980. The van der Waals surface area contributed by atoms with Crippen LogP contribution in [-0.2, 0) is 18.9 Å². The van der Waals surface area contributed by atoms with Crippen molar-refractivity contribution in [2.45, 2.75) is 24.8 Å². The molecule has 2 heterocycles. The molecule has 19 heavy (non-hydrogen) atoms. The predicted octanol–water partition coefficient (Wildman–Crippen LogP) is 1.08. The Bertz CT molecular complexity index is 410. The van der Waals surface area contributed by atoms with Crippen molar-refractivity contribution in [2.75, 3.05) is 20.3 Å². The van der Waals surface area contributed by atoms with Crippen LogP contribution in [0.15, 0.2) is 30.3 Å². The molecule has 0 amide bonds. The first-order chi connectivity index (χ1) is 9.33. The lowest BCUT2D eigenvalue weighted by Crippen LogP contribution is -2.41. The summed E-state index contributed by atoms with van der Waals surface area (Å²) in [5.41, 5.74) is 0.971. The summed E-state index contributed by atoms with van der Waals surface area (Å²) in [7, 11) is 1.57. The van der Waals surface area contributed by atoms with Gasteiger partial charge in [-0.25, -0.2) is 0 Å². The van der Waals surface area contributed by atoms with Crippen LogP contribution >= 0.6 is 0 Å². The monoisotopic (exact) mass is 266 g/mol. The van der Waals surface area contributed by atoms with E-state index in [1.54, 1.807) is 7.11 Å². The summed E-state index contributed by atoms with van der Waals surface area (Å²) in [6.07, 6.45) is -1.22. The fraction of sp³-hybridized carbons (Fsp3) is 0.571. The highest BCUT2D eigenvalue weighted by Gasteiger charge is 2.49. The van der Waals surface area contributed by atoms with Crippen molar-refractivity contribution in [1.82, 2.24) is 0 Å². The second-order valence-electron chi connectivity index (χ2n) is 4.80. The number of ether oxygens (including phenoxy) is 4. The van der Waals surface area contributed by atoms with Crippen LogP contribution in [-0.4, -0.2) is 43.9 Å². The highest BCUT2D eigenvalue weighted by Crippen LogP contribution is 2.37. The molecule has 1 N–H and O–H groups in total. The summed E-state index contributed by atoms with van der Waals surface area (Å²) in [4.78, 5) is 0. The number of aliphatic hydroxyl groups excluding tert-OH is 1. The fourth-order valence-corrected chi connectivity index (χ4v) is 2.67. The molecule has 5 nitrogen and oxygen atoms in total. The molecule has 0 aliphatic carbocycles. The van der Waals surface area contributed by atoms with E-state index in [4.69, 9.17) is 18.9 Å². The van der Waals surface area contributed by atoms with Crippen LogP contribution in [0.25, 0.3) is 0 Å². The van der Waals surface area contributed by atoms with Crippen LogP contribution in [0.3, 0.4) is 0 Å². The van der Waals surface area contributed by atoms with Gasteiger partial charge >= 0.3 is 0 Å². The van der Waals surface area contributed by atoms with Gasteiger partial charge < -0.3 is 24.1 Å². The van der Waals surface area contributed by atoms with Gasteiger partial charge in [0.2, 0.25) is 0 Å². The van der Waals surface area contributed by atoms with Crippen LogP contribution in [0.2, 0.25) is 0 Å². The summed E-state index contributed by atoms with van der Waals surface area (Å²) in [5, 5.41) is 9.48. The largest absolute Gasteiger partial charge is 0.396 e. The van der Waals surface area contributed by atoms with Gasteiger partial charge in [0.15, 0.2) is 12.6 Å². The Kier molecular flexibility index (Phi) is 3.81. The van der Waals surface area contributed by atoms with Crippen LogP contribution in [0, 0.1) is 5.92 Å². The molecule has 0 radical (unpaired) electrons. The van der Waals surface area contributed by atoms with Crippen molar-refractivity contribution in [3.63, 3.8) is 0 Å². The third-order valence-corrected chi connectivity index (χ3v) is 3.65. The Labute approximate surface area is 112 Å². The third-order valence-electron chi connectivity index (χ3n) is 3.65. The van der Waals surface area contributed by atoms with Crippen LogP contribution in [0.4, 0.5) is 0 Å². The zero-order valence-electron chi connectivity index (χ0n) is 10.8. The molecule has 5 heteroatoms. The molecule has 1 aromatic rings. The van der Waals surface area contributed by atoms with Gasteiger partial charge in [-0.3, -0.25) is 0 Å². The molecule has 0 saturated carbocycles. The highest BCUT2D eigenvalue weighted by molar-refractivity contribution is 5.16. The van der Waals surface area contributed by atoms with E-state index in [0.29, 0.717) is 6.61 Å². The lowest BCUT2D eigenvalue weighted by atomic mass is 10.0. The maximum absolute atomic E-state index is 9.48. The molecule has 2 fully saturated rings. The topological polar surface area (TPSA) is 57.2 Å². The minimum absolute atomic E-state index is 0.0266. The van der Waals surface area contributed by atoms with E-state index in [2.05, 4.69) is 0 Å². The van der Waals surface area contributed by atoms with E-state index < -0.39 is 12.6 Å². The summed E-state index contributed by atoms with van der Waals surface area (Å²) >= 11 is 0. The van der Waals surface area contributed by atoms with E-state index in [1.807, 2.05) is 30.3 Å². The van der Waals surface area contributed by atoms with Gasteiger partial charge in [0.25, 0.3) is 0 Å². The van der Waals surface area contributed by atoms with Crippen molar-refractivity contribution < 1.29 is 24.1 Å².